The van der Waals surface area contributed by atoms with E-state index in [1.807, 2.05) is 30.3 Å². The van der Waals surface area contributed by atoms with Gasteiger partial charge in [0.15, 0.2) is 11.7 Å². The number of rotatable bonds is 6. The van der Waals surface area contributed by atoms with Crippen molar-refractivity contribution in [3.8, 4) is 11.3 Å². The molecule has 0 saturated heterocycles. The maximum atomic E-state index is 5.87. The summed E-state index contributed by atoms with van der Waals surface area (Å²) in [4.78, 5) is 9.84. The standard InChI is InChI=1S/C18H20N4OS.HI/c1-13-4-6-14(7-5-13)16-11-21-17(23-16)12-22-18(19)20-9-8-15-3-2-10-24-15;/h2-7,10-11H,8-9,12H2,1H3,(H3,19,20,22);1H. The van der Waals surface area contributed by atoms with Crippen molar-refractivity contribution in [1.29, 1.82) is 0 Å². The zero-order chi connectivity index (χ0) is 16.8. The quantitative estimate of drug-likeness (QED) is 0.326. The fraction of sp³-hybridized carbons (Fsp3) is 0.222. The maximum absolute atomic E-state index is 5.87. The number of aliphatic imine (C=N–C) groups is 1. The van der Waals surface area contributed by atoms with Crippen LogP contribution in [0.1, 0.15) is 16.3 Å². The number of benzene rings is 1. The van der Waals surface area contributed by atoms with Crippen LogP contribution in [0.2, 0.25) is 0 Å². The molecule has 0 amide bonds. The number of aromatic nitrogens is 1. The molecule has 0 aliphatic carbocycles. The monoisotopic (exact) mass is 468 g/mol. The van der Waals surface area contributed by atoms with Gasteiger partial charge in [-0.05, 0) is 24.8 Å². The van der Waals surface area contributed by atoms with Gasteiger partial charge in [-0.3, -0.25) is 0 Å². The number of nitrogens with zero attached hydrogens (tertiary/aromatic N) is 2. The van der Waals surface area contributed by atoms with Crippen molar-refractivity contribution in [3.05, 3.63) is 64.3 Å². The lowest BCUT2D eigenvalue weighted by Crippen LogP contribution is -2.33. The highest BCUT2D eigenvalue weighted by Gasteiger charge is 2.06. The Kier molecular flexibility index (Phi) is 7.45. The third kappa shape index (κ3) is 5.86. The van der Waals surface area contributed by atoms with Crippen molar-refractivity contribution in [2.24, 2.45) is 10.7 Å². The van der Waals surface area contributed by atoms with Gasteiger partial charge in [0.05, 0.1) is 6.20 Å². The van der Waals surface area contributed by atoms with Crippen LogP contribution in [0.25, 0.3) is 11.3 Å². The Labute approximate surface area is 168 Å². The molecule has 25 heavy (non-hydrogen) atoms. The minimum Gasteiger partial charge on any atom is -0.439 e. The van der Waals surface area contributed by atoms with Crippen LogP contribution in [0, 0.1) is 6.92 Å². The smallest absolute Gasteiger partial charge is 0.216 e. The molecule has 0 fully saturated rings. The van der Waals surface area contributed by atoms with Gasteiger partial charge in [0.1, 0.15) is 6.54 Å². The number of thiophene rings is 1. The Hall–Kier alpha value is -1.87. The summed E-state index contributed by atoms with van der Waals surface area (Å²) in [6, 6.07) is 12.3. The molecule has 2 aromatic heterocycles. The van der Waals surface area contributed by atoms with Crippen LogP contribution in [0.4, 0.5) is 0 Å². The molecule has 0 spiro atoms. The van der Waals surface area contributed by atoms with Gasteiger partial charge in [-0.2, -0.15) is 0 Å². The number of oxazole rings is 1. The number of hydrogen-bond donors (Lipinski definition) is 2. The molecule has 1 aromatic carbocycles. The summed E-state index contributed by atoms with van der Waals surface area (Å²) < 4.78 is 5.72. The van der Waals surface area contributed by atoms with Crippen molar-refractivity contribution in [3.63, 3.8) is 0 Å². The van der Waals surface area contributed by atoms with Gasteiger partial charge in [-0.25, -0.2) is 9.98 Å². The van der Waals surface area contributed by atoms with Crippen LogP contribution in [0.15, 0.2) is 57.4 Å². The Balaban J connectivity index is 0.00000225. The number of aryl methyl sites for hydroxylation is 1. The van der Waals surface area contributed by atoms with Crippen LogP contribution >= 0.6 is 35.3 Å². The van der Waals surface area contributed by atoms with E-state index in [0.29, 0.717) is 18.4 Å². The van der Waals surface area contributed by atoms with Crippen molar-refractivity contribution >= 4 is 41.3 Å². The molecule has 0 unspecified atom stereocenters. The number of nitrogens with one attached hydrogen (secondary N) is 1. The topological polar surface area (TPSA) is 76.4 Å². The molecule has 0 atom stereocenters. The zero-order valence-electron chi connectivity index (χ0n) is 13.9. The second kappa shape index (κ2) is 9.57. The number of halogens is 1. The molecular formula is C18H21IN4OS. The molecule has 0 aliphatic rings. The molecule has 3 N–H and O–H groups in total. The van der Waals surface area contributed by atoms with Gasteiger partial charge in [0, 0.05) is 17.0 Å². The first-order valence-corrected chi connectivity index (χ1v) is 8.66. The van der Waals surface area contributed by atoms with Crippen molar-refractivity contribution < 1.29 is 4.42 Å². The summed E-state index contributed by atoms with van der Waals surface area (Å²) in [5.74, 6) is 1.69. The predicted molar refractivity (Wildman–Crippen MR) is 113 cm³/mol. The van der Waals surface area contributed by atoms with Crippen molar-refractivity contribution in [2.75, 3.05) is 6.54 Å². The van der Waals surface area contributed by atoms with E-state index < -0.39 is 0 Å². The third-order valence-electron chi connectivity index (χ3n) is 3.53. The minimum absolute atomic E-state index is 0. The van der Waals surface area contributed by atoms with Gasteiger partial charge >= 0.3 is 0 Å². The second-order valence-electron chi connectivity index (χ2n) is 5.44. The van der Waals surface area contributed by atoms with Crippen LogP contribution < -0.4 is 11.1 Å². The number of nitrogens with two attached hydrogens (primary N) is 1. The molecule has 0 bridgehead atoms. The lowest BCUT2D eigenvalue weighted by atomic mass is 10.1. The van der Waals surface area contributed by atoms with E-state index in [4.69, 9.17) is 10.2 Å². The Morgan fingerprint density at radius 1 is 1.28 bits per heavy atom. The number of guanidine groups is 1. The van der Waals surface area contributed by atoms with Crippen LogP contribution in [-0.2, 0) is 13.0 Å². The molecular weight excluding hydrogens is 447 g/mol. The average molecular weight is 468 g/mol. The van der Waals surface area contributed by atoms with Gasteiger partial charge in [0.25, 0.3) is 0 Å². The summed E-state index contributed by atoms with van der Waals surface area (Å²) in [6.07, 6.45) is 2.65. The molecule has 7 heteroatoms. The molecule has 5 nitrogen and oxygen atoms in total. The molecule has 3 aromatic rings. The second-order valence-corrected chi connectivity index (χ2v) is 6.47. The Bertz CT molecular complexity index is 797. The highest BCUT2D eigenvalue weighted by Crippen LogP contribution is 2.20. The first-order chi connectivity index (χ1) is 11.7. The van der Waals surface area contributed by atoms with E-state index in [0.717, 1.165) is 24.3 Å². The van der Waals surface area contributed by atoms with E-state index in [1.165, 1.54) is 10.4 Å². The SMILES string of the molecule is Cc1ccc(-c2cnc(CN=C(N)NCCc3cccs3)o2)cc1.I. The summed E-state index contributed by atoms with van der Waals surface area (Å²) in [5.41, 5.74) is 8.09. The molecule has 0 saturated carbocycles. The molecule has 2 heterocycles. The van der Waals surface area contributed by atoms with Crippen LogP contribution in [0.5, 0.6) is 0 Å². The third-order valence-corrected chi connectivity index (χ3v) is 4.47. The van der Waals surface area contributed by atoms with E-state index in [-0.39, 0.29) is 24.0 Å². The van der Waals surface area contributed by atoms with Crippen LogP contribution in [0.3, 0.4) is 0 Å². The first kappa shape index (κ1) is 19.5. The van der Waals surface area contributed by atoms with Gasteiger partial charge in [-0.1, -0.05) is 35.9 Å². The molecule has 0 radical (unpaired) electrons. The van der Waals surface area contributed by atoms with E-state index in [9.17, 15) is 0 Å². The fourth-order valence-corrected chi connectivity index (χ4v) is 2.92. The zero-order valence-corrected chi connectivity index (χ0v) is 17.1. The van der Waals surface area contributed by atoms with E-state index in [1.54, 1.807) is 17.5 Å². The normalized spacial score (nSPS) is 11.2. The number of hydrogen-bond acceptors (Lipinski definition) is 4. The van der Waals surface area contributed by atoms with Gasteiger partial charge < -0.3 is 15.5 Å². The van der Waals surface area contributed by atoms with E-state index in [2.05, 4.69) is 33.7 Å². The Morgan fingerprint density at radius 3 is 2.80 bits per heavy atom. The van der Waals surface area contributed by atoms with E-state index >= 15 is 0 Å². The maximum Gasteiger partial charge on any atom is 0.216 e. The molecule has 132 valence electrons. The van der Waals surface area contributed by atoms with Crippen molar-refractivity contribution in [1.82, 2.24) is 10.3 Å². The summed E-state index contributed by atoms with van der Waals surface area (Å²) in [5, 5.41) is 5.17. The highest BCUT2D eigenvalue weighted by atomic mass is 127. The fourth-order valence-electron chi connectivity index (χ4n) is 2.21. The Morgan fingerprint density at radius 2 is 2.08 bits per heavy atom. The summed E-state index contributed by atoms with van der Waals surface area (Å²) in [6.45, 7) is 3.14. The highest BCUT2D eigenvalue weighted by molar-refractivity contribution is 14.0. The lowest BCUT2D eigenvalue weighted by Gasteiger charge is -2.03. The largest absolute Gasteiger partial charge is 0.439 e. The average Bonchev–Trinajstić information content (AvgIpc) is 3.25. The van der Waals surface area contributed by atoms with Crippen molar-refractivity contribution in [2.45, 2.75) is 19.9 Å². The first-order valence-electron chi connectivity index (χ1n) is 7.78. The predicted octanol–water partition coefficient (Wildman–Crippen LogP) is 3.98. The summed E-state index contributed by atoms with van der Waals surface area (Å²) >= 11 is 1.74. The lowest BCUT2D eigenvalue weighted by molar-refractivity contribution is 0.509. The molecule has 0 aliphatic heterocycles. The van der Waals surface area contributed by atoms with Crippen LogP contribution in [-0.4, -0.2) is 17.5 Å². The van der Waals surface area contributed by atoms with Gasteiger partial charge in [-0.15, -0.1) is 35.3 Å². The summed E-state index contributed by atoms with van der Waals surface area (Å²) in [7, 11) is 0. The minimum atomic E-state index is 0. The van der Waals surface area contributed by atoms with Gasteiger partial charge in [0.2, 0.25) is 5.89 Å². The molecule has 3 rings (SSSR count).